The summed E-state index contributed by atoms with van der Waals surface area (Å²) in [4.78, 5) is 19.7. The number of carbonyl (C=O) groups is 1. The summed E-state index contributed by atoms with van der Waals surface area (Å²) in [5, 5.41) is 10.5. The van der Waals surface area contributed by atoms with Gasteiger partial charge in [0.05, 0.1) is 11.6 Å². The van der Waals surface area contributed by atoms with Gasteiger partial charge in [0.1, 0.15) is 18.2 Å². The second-order valence-electron chi connectivity index (χ2n) is 3.71. The third kappa shape index (κ3) is 2.03. The predicted octanol–water partition coefficient (Wildman–Crippen LogP) is -0.0903. The normalized spacial score (nSPS) is 12.4. The number of aryl methyl sites for hydroxylation is 1. The molecule has 0 spiro atoms. The van der Waals surface area contributed by atoms with Crippen molar-refractivity contribution in [3.63, 3.8) is 0 Å². The van der Waals surface area contributed by atoms with Gasteiger partial charge in [0.2, 0.25) is 5.91 Å². The zero-order valence-corrected chi connectivity index (χ0v) is 9.93. The number of nitrogens with one attached hydrogen (secondary N) is 2. The molecule has 0 aliphatic carbocycles. The fraction of sp³-hybridized carbons (Fsp3) is 0.400. The summed E-state index contributed by atoms with van der Waals surface area (Å²) in [6.45, 7) is 1.77. The number of anilines is 1. The maximum atomic E-state index is 11.4. The van der Waals surface area contributed by atoms with Crippen LogP contribution in [0.15, 0.2) is 12.5 Å². The van der Waals surface area contributed by atoms with Crippen molar-refractivity contribution in [3.05, 3.63) is 12.5 Å². The standard InChI is InChI=1S/C10H14N6O/c1-6(10(17)11-2)15-8-7-4-14-16(3)9(7)13-5-12-8/h4-6H,1-3H3,(H,11,17)(H,12,13,15). The first-order valence-corrected chi connectivity index (χ1v) is 5.24. The van der Waals surface area contributed by atoms with Crippen molar-refractivity contribution < 1.29 is 4.79 Å². The molecule has 7 heteroatoms. The van der Waals surface area contributed by atoms with E-state index in [1.54, 1.807) is 31.9 Å². The van der Waals surface area contributed by atoms with E-state index in [0.29, 0.717) is 5.82 Å². The lowest BCUT2D eigenvalue weighted by atomic mass is 10.3. The number of likely N-dealkylation sites (N-methyl/N-ethyl adjacent to an activating group) is 1. The smallest absolute Gasteiger partial charge is 0.241 e. The first kappa shape index (κ1) is 11.3. The summed E-state index contributed by atoms with van der Waals surface area (Å²) < 4.78 is 1.66. The zero-order chi connectivity index (χ0) is 12.4. The van der Waals surface area contributed by atoms with Gasteiger partial charge >= 0.3 is 0 Å². The lowest BCUT2D eigenvalue weighted by molar-refractivity contribution is -0.121. The van der Waals surface area contributed by atoms with Gasteiger partial charge < -0.3 is 10.6 Å². The Bertz CT molecular complexity index is 549. The maximum Gasteiger partial charge on any atom is 0.241 e. The van der Waals surface area contributed by atoms with Crippen molar-refractivity contribution in [2.45, 2.75) is 13.0 Å². The molecule has 0 aromatic carbocycles. The first-order chi connectivity index (χ1) is 8.13. The number of aromatic nitrogens is 4. The van der Waals surface area contributed by atoms with Gasteiger partial charge in [-0.2, -0.15) is 5.10 Å². The Balaban J connectivity index is 2.33. The number of hydrogen-bond acceptors (Lipinski definition) is 5. The average Bonchev–Trinajstić information content (AvgIpc) is 2.71. The molecule has 0 aliphatic rings. The highest BCUT2D eigenvalue weighted by Gasteiger charge is 2.14. The van der Waals surface area contributed by atoms with Gasteiger partial charge in [-0.3, -0.25) is 9.48 Å². The quantitative estimate of drug-likeness (QED) is 0.775. The van der Waals surface area contributed by atoms with Crippen molar-refractivity contribution in [1.29, 1.82) is 0 Å². The minimum Gasteiger partial charge on any atom is -0.358 e. The summed E-state index contributed by atoms with van der Waals surface area (Å²) in [7, 11) is 3.40. The third-order valence-corrected chi connectivity index (χ3v) is 2.52. The molecule has 0 fully saturated rings. The second-order valence-corrected chi connectivity index (χ2v) is 3.71. The van der Waals surface area contributed by atoms with E-state index < -0.39 is 0 Å². The zero-order valence-electron chi connectivity index (χ0n) is 9.93. The lowest BCUT2D eigenvalue weighted by Crippen LogP contribution is -2.35. The maximum absolute atomic E-state index is 11.4. The van der Waals surface area contributed by atoms with E-state index in [4.69, 9.17) is 0 Å². The number of amides is 1. The molecule has 17 heavy (non-hydrogen) atoms. The van der Waals surface area contributed by atoms with E-state index in [9.17, 15) is 4.79 Å². The van der Waals surface area contributed by atoms with Crippen LogP contribution in [0.5, 0.6) is 0 Å². The molecule has 0 radical (unpaired) electrons. The molecular formula is C10H14N6O. The van der Waals surface area contributed by atoms with Crippen LogP contribution in [-0.4, -0.2) is 38.7 Å². The predicted molar refractivity (Wildman–Crippen MR) is 63.5 cm³/mol. The van der Waals surface area contributed by atoms with E-state index in [-0.39, 0.29) is 11.9 Å². The molecule has 2 heterocycles. The van der Waals surface area contributed by atoms with Crippen LogP contribution in [0.25, 0.3) is 11.0 Å². The van der Waals surface area contributed by atoms with E-state index in [0.717, 1.165) is 11.0 Å². The van der Waals surface area contributed by atoms with Gasteiger partial charge in [-0.05, 0) is 6.92 Å². The van der Waals surface area contributed by atoms with E-state index in [2.05, 4.69) is 25.7 Å². The van der Waals surface area contributed by atoms with Crippen LogP contribution in [-0.2, 0) is 11.8 Å². The van der Waals surface area contributed by atoms with Crippen LogP contribution in [0.1, 0.15) is 6.92 Å². The summed E-state index contributed by atoms with van der Waals surface area (Å²) in [5.74, 6) is 0.514. The molecular weight excluding hydrogens is 220 g/mol. The van der Waals surface area contributed by atoms with Crippen molar-refractivity contribution >= 4 is 22.8 Å². The fourth-order valence-electron chi connectivity index (χ4n) is 1.56. The Labute approximate surface area is 98.2 Å². The molecule has 1 unspecified atom stereocenters. The van der Waals surface area contributed by atoms with E-state index in [1.807, 2.05) is 0 Å². The molecule has 90 valence electrons. The number of fused-ring (bicyclic) bond motifs is 1. The fourth-order valence-corrected chi connectivity index (χ4v) is 1.56. The Hall–Kier alpha value is -2.18. The van der Waals surface area contributed by atoms with Crippen LogP contribution in [0.2, 0.25) is 0 Å². The minimum absolute atomic E-state index is 0.0966. The summed E-state index contributed by atoms with van der Waals surface area (Å²) in [5.41, 5.74) is 0.728. The molecule has 2 aromatic heterocycles. The van der Waals surface area contributed by atoms with Gasteiger partial charge in [-0.15, -0.1) is 0 Å². The van der Waals surface area contributed by atoms with Crippen LogP contribution in [0.3, 0.4) is 0 Å². The van der Waals surface area contributed by atoms with Crippen LogP contribution < -0.4 is 10.6 Å². The highest BCUT2D eigenvalue weighted by atomic mass is 16.2. The third-order valence-electron chi connectivity index (χ3n) is 2.52. The van der Waals surface area contributed by atoms with Crippen molar-refractivity contribution in [3.8, 4) is 0 Å². The Kier molecular flexibility index (Phi) is 2.90. The van der Waals surface area contributed by atoms with Crippen LogP contribution in [0, 0.1) is 0 Å². The van der Waals surface area contributed by atoms with Gasteiger partial charge in [0, 0.05) is 14.1 Å². The molecule has 2 N–H and O–H groups in total. The molecule has 0 saturated heterocycles. The number of carbonyl (C=O) groups excluding carboxylic acids is 1. The van der Waals surface area contributed by atoms with Gasteiger partial charge in [-0.25, -0.2) is 9.97 Å². The lowest BCUT2D eigenvalue weighted by Gasteiger charge is -2.12. The Morgan fingerprint density at radius 1 is 1.47 bits per heavy atom. The molecule has 1 amide bonds. The Morgan fingerprint density at radius 3 is 2.94 bits per heavy atom. The largest absolute Gasteiger partial charge is 0.358 e. The average molecular weight is 234 g/mol. The van der Waals surface area contributed by atoms with Crippen molar-refractivity contribution in [1.82, 2.24) is 25.1 Å². The van der Waals surface area contributed by atoms with Gasteiger partial charge in [-0.1, -0.05) is 0 Å². The summed E-state index contributed by atoms with van der Waals surface area (Å²) >= 11 is 0. The summed E-state index contributed by atoms with van der Waals surface area (Å²) in [6.07, 6.45) is 3.12. The Morgan fingerprint density at radius 2 is 2.24 bits per heavy atom. The van der Waals surface area contributed by atoms with E-state index >= 15 is 0 Å². The molecule has 0 bridgehead atoms. The van der Waals surface area contributed by atoms with Crippen molar-refractivity contribution in [2.75, 3.05) is 12.4 Å². The number of rotatable bonds is 3. The topological polar surface area (TPSA) is 84.7 Å². The SMILES string of the molecule is CNC(=O)C(C)Nc1ncnc2c1cnn2C. The summed E-state index contributed by atoms with van der Waals surface area (Å²) in [6, 6.07) is -0.363. The molecule has 0 aliphatic heterocycles. The first-order valence-electron chi connectivity index (χ1n) is 5.24. The second kappa shape index (κ2) is 4.36. The monoisotopic (exact) mass is 234 g/mol. The van der Waals surface area contributed by atoms with Gasteiger partial charge in [0.15, 0.2) is 5.65 Å². The van der Waals surface area contributed by atoms with Crippen LogP contribution in [0.4, 0.5) is 5.82 Å². The molecule has 0 saturated carbocycles. The number of nitrogens with zero attached hydrogens (tertiary/aromatic N) is 4. The van der Waals surface area contributed by atoms with Crippen molar-refractivity contribution in [2.24, 2.45) is 7.05 Å². The molecule has 1 atom stereocenters. The van der Waals surface area contributed by atoms with Gasteiger partial charge in [0.25, 0.3) is 0 Å². The highest BCUT2D eigenvalue weighted by molar-refractivity contribution is 5.90. The van der Waals surface area contributed by atoms with Crippen LogP contribution >= 0.6 is 0 Å². The highest BCUT2D eigenvalue weighted by Crippen LogP contribution is 2.18. The molecule has 2 aromatic rings. The number of hydrogen-bond donors (Lipinski definition) is 2. The van der Waals surface area contributed by atoms with E-state index in [1.165, 1.54) is 6.33 Å². The minimum atomic E-state index is -0.363. The molecule has 2 rings (SSSR count). The molecule has 7 nitrogen and oxygen atoms in total.